The molecule has 1 amide bonds. The van der Waals surface area contributed by atoms with Gasteiger partial charge in [-0.2, -0.15) is 0 Å². The van der Waals surface area contributed by atoms with Crippen LogP contribution in [0, 0.1) is 0 Å². The maximum absolute atomic E-state index is 13.7. The summed E-state index contributed by atoms with van der Waals surface area (Å²) in [5.41, 5.74) is 5.66. The van der Waals surface area contributed by atoms with Crippen LogP contribution in [0.3, 0.4) is 0 Å². The number of hydroxylamine groups is 1. The van der Waals surface area contributed by atoms with Crippen molar-refractivity contribution < 1.29 is 23.2 Å². The molecule has 4 rings (SSSR count). The molecule has 0 aromatic heterocycles. The molecule has 2 N–H and O–H groups in total. The van der Waals surface area contributed by atoms with E-state index in [1.54, 1.807) is 36.9 Å². The topological polar surface area (TPSA) is 95.9 Å². The first kappa shape index (κ1) is 27.8. The molecule has 1 fully saturated rings. The lowest BCUT2D eigenvalue weighted by molar-refractivity contribution is -0.133. The lowest BCUT2D eigenvalue weighted by Crippen LogP contribution is -2.58. The molecule has 0 saturated carbocycles. The van der Waals surface area contributed by atoms with Crippen LogP contribution in [0.4, 0.5) is 0 Å². The van der Waals surface area contributed by atoms with E-state index in [0.29, 0.717) is 26.2 Å². The summed E-state index contributed by atoms with van der Waals surface area (Å²) in [5.74, 6) is -0.885. The van der Waals surface area contributed by atoms with Crippen molar-refractivity contribution in [2.75, 3.05) is 33.4 Å². The number of ether oxygens (including phenoxy) is 1. The lowest BCUT2D eigenvalue weighted by atomic mass is 9.95. The first-order valence-corrected chi connectivity index (χ1v) is 13.1. The normalized spacial score (nSPS) is 15.6. The molecule has 0 bridgehead atoms. The number of piperidine rings is 1. The number of carbonyl (C=O) groups excluding carboxylic acids is 1. The molecule has 1 heterocycles. The average Bonchev–Trinajstić information content (AvgIpc) is 2.92. The van der Waals surface area contributed by atoms with E-state index < -0.39 is 20.5 Å². The smallest absolute Gasteiger partial charge is 0.265 e. The molecule has 7 nitrogen and oxygen atoms in total. The SMILES string of the molecule is COCCN1CCC(C(=O)NO)(S(=O)(=O)c2ccc(-c3ccc(-c4ccccc4)cc3)cc2)CC1.Cl. The van der Waals surface area contributed by atoms with Crippen molar-refractivity contribution >= 4 is 28.2 Å². The molecule has 0 atom stereocenters. The molecule has 9 heteroatoms. The van der Waals surface area contributed by atoms with Crippen LogP contribution in [0.15, 0.2) is 83.8 Å². The zero-order chi connectivity index (χ0) is 24.9. The molecule has 1 aliphatic heterocycles. The monoisotopic (exact) mass is 530 g/mol. The number of methoxy groups -OCH3 is 1. The molecular formula is C27H31ClN2O5S. The van der Waals surface area contributed by atoms with Gasteiger partial charge in [-0.15, -0.1) is 12.4 Å². The third-order valence-electron chi connectivity index (χ3n) is 6.80. The predicted molar refractivity (Wildman–Crippen MR) is 142 cm³/mol. The van der Waals surface area contributed by atoms with E-state index in [2.05, 4.69) is 17.0 Å². The van der Waals surface area contributed by atoms with Crippen LogP contribution in [0.2, 0.25) is 0 Å². The lowest BCUT2D eigenvalue weighted by Gasteiger charge is -2.39. The summed E-state index contributed by atoms with van der Waals surface area (Å²) in [7, 11) is -2.44. The summed E-state index contributed by atoms with van der Waals surface area (Å²) in [5, 5.41) is 9.37. The first-order valence-electron chi connectivity index (χ1n) is 11.6. The Balaban J connectivity index is 0.00000361. The van der Waals surface area contributed by atoms with Crippen LogP contribution in [0.25, 0.3) is 22.3 Å². The number of likely N-dealkylation sites (tertiary alicyclic amines) is 1. The molecular weight excluding hydrogens is 500 g/mol. The number of hydrogen-bond donors (Lipinski definition) is 2. The second kappa shape index (κ2) is 12.0. The number of sulfone groups is 1. The number of carbonyl (C=O) groups is 1. The summed E-state index contributed by atoms with van der Waals surface area (Å²) in [6.45, 7) is 2.02. The molecule has 3 aromatic carbocycles. The minimum Gasteiger partial charge on any atom is -0.383 e. The van der Waals surface area contributed by atoms with Gasteiger partial charge in [0, 0.05) is 26.7 Å². The highest BCUT2D eigenvalue weighted by Gasteiger charge is 2.52. The van der Waals surface area contributed by atoms with Gasteiger partial charge >= 0.3 is 0 Å². The van der Waals surface area contributed by atoms with Gasteiger partial charge in [0.2, 0.25) is 0 Å². The molecule has 0 unspecified atom stereocenters. The standard InChI is InChI=1S/C27H30N2O5S.ClH/c1-34-20-19-29-17-15-27(16-18-29,26(30)28-31)35(32,33)25-13-11-24(12-14-25)23-9-7-22(8-10-23)21-5-3-2-4-6-21;/h2-14,31H,15-20H2,1H3,(H,28,30);1H. The molecule has 36 heavy (non-hydrogen) atoms. The fourth-order valence-electron chi connectivity index (χ4n) is 4.62. The van der Waals surface area contributed by atoms with Gasteiger partial charge in [0.1, 0.15) is 0 Å². The molecule has 192 valence electrons. The van der Waals surface area contributed by atoms with Crippen LogP contribution >= 0.6 is 12.4 Å². The van der Waals surface area contributed by atoms with E-state index in [4.69, 9.17) is 4.74 Å². The van der Waals surface area contributed by atoms with E-state index in [1.165, 1.54) is 0 Å². The van der Waals surface area contributed by atoms with Gasteiger partial charge in [-0.05, 0) is 47.2 Å². The van der Waals surface area contributed by atoms with E-state index in [-0.39, 0.29) is 30.1 Å². The summed E-state index contributed by atoms with van der Waals surface area (Å²) in [6.07, 6.45) is 0.183. The minimum atomic E-state index is -4.05. The van der Waals surface area contributed by atoms with E-state index in [0.717, 1.165) is 22.3 Å². The predicted octanol–water partition coefficient (Wildman–Crippen LogP) is 4.20. The minimum absolute atomic E-state index is 0. The van der Waals surface area contributed by atoms with Gasteiger partial charge < -0.3 is 9.64 Å². The van der Waals surface area contributed by atoms with Crippen molar-refractivity contribution in [1.82, 2.24) is 10.4 Å². The van der Waals surface area contributed by atoms with Crippen molar-refractivity contribution in [3.8, 4) is 22.3 Å². The zero-order valence-electron chi connectivity index (χ0n) is 20.1. The number of benzene rings is 3. The van der Waals surface area contributed by atoms with Gasteiger partial charge in [-0.3, -0.25) is 10.0 Å². The van der Waals surface area contributed by atoms with E-state index in [1.807, 2.05) is 42.5 Å². The Morgan fingerprint density at radius 2 is 1.36 bits per heavy atom. The molecule has 1 aliphatic rings. The highest BCUT2D eigenvalue weighted by Crippen LogP contribution is 2.37. The fourth-order valence-corrected chi connectivity index (χ4v) is 6.57. The number of halogens is 1. The van der Waals surface area contributed by atoms with Crippen LogP contribution in [-0.2, 0) is 19.4 Å². The Morgan fingerprint density at radius 3 is 1.83 bits per heavy atom. The van der Waals surface area contributed by atoms with Crippen LogP contribution in [0.1, 0.15) is 12.8 Å². The second-order valence-electron chi connectivity index (χ2n) is 8.74. The number of amides is 1. The second-order valence-corrected chi connectivity index (χ2v) is 11.0. The van der Waals surface area contributed by atoms with Crippen molar-refractivity contribution in [2.24, 2.45) is 0 Å². The number of nitrogens with one attached hydrogen (secondary N) is 1. The quantitative estimate of drug-likeness (QED) is 0.335. The van der Waals surface area contributed by atoms with Crippen molar-refractivity contribution in [2.45, 2.75) is 22.5 Å². The van der Waals surface area contributed by atoms with Crippen molar-refractivity contribution in [3.63, 3.8) is 0 Å². The summed E-state index contributed by atoms with van der Waals surface area (Å²) in [6, 6.07) is 24.7. The first-order chi connectivity index (χ1) is 16.9. The van der Waals surface area contributed by atoms with Crippen LogP contribution in [0.5, 0.6) is 0 Å². The average molecular weight is 531 g/mol. The Bertz CT molecular complexity index is 1240. The Kier molecular flexibility index (Phi) is 9.27. The van der Waals surface area contributed by atoms with Crippen molar-refractivity contribution in [1.29, 1.82) is 0 Å². The van der Waals surface area contributed by atoms with Gasteiger partial charge in [0.25, 0.3) is 5.91 Å². The molecule has 0 spiro atoms. The van der Waals surface area contributed by atoms with Gasteiger partial charge in [-0.25, -0.2) is 13.9 Å². The molecule has 3 aromatic rings. The molecule has 0 aliphatic carbocycles. The maximum atomic E-state index is 13.7. The van der Waals surface area contributed by atoms with Gasteiger partial charge in [0.05, 0.1) is 11.5 Å². The Labute approximate surface area is 218 Å². The van der Waals surface area contributed by atoms with E-state index >= 15 is 0 Å². The highest BCUT2D eigenvalue weighted by atomic mass is 35.5. The van der Waals surface area contributed by atoms with Gasteiger partial charge in [0.15, 0.2) is 14.6 Å². The van der Waals surface area contributed by atoms with Gasteiger partial charge in [-0.1, -0.05) is 66.7 Å². The van der Waals surface area contributed by atoms with Crippen LogP contribution < -0.4 is 5.48 Å². The summed E-state index contributed by atoms with van der Waals surface area (Å²) in [4.78, 5) is 14.8. The number of rotatable bonds is 8. The highest BCUT2D eigenvalue weighted by molar-refractivity contribution is 7.93. The third kappa shape index (κ3) is 5.48. The van der Waals surface area contributed by atoms with Crippen molar-refractivity contribution in [3.05, 3.63) is 78.9 Å². The summed E-state index contributed by atoms with van der Waals surface area (Å²) < 4.78 is 30.7. The number of nitrogens with zero attached hydrogens (tertiary/aromatic N) is 1. The maximum Gasteiger partial charge on any atom is 0.265 e. The molecule has 1 saturated heterocycles. The molecule has 0 radical (unpaired) electrons. The summed E-state index contributed by atoms with van der Waals surface area (Å²) >= 11 is 0. The third-order valence-corrected chi connectivity index (χ3v) is 9.31. The fraction of sp³-hybridized carbons (Fsp3) is 0.296. The van der Waals surface area contributed by atoms with E-state index in [9.17, 15) is 18.4 Å². The van der Waals surface area contributed by atoms with Crippen LogP contribution in [-0.4, -0.2) is 62.5 Å². The zero-order valence-corrected chi connectivity index (χ0v) is 21.7. The Morgan fingerprint density at radius 1 is 0.889 bits per heavy atom. The largest absolute Gasteiger partial charge is 0.383 e. The number of hydrogen-bond acceptors (Lipinski definition) is 6. The Hall–Kier alpha value is -2.75.